The molecule has 0 aliphatic heterocycles. The molecule has 0 saturated carbocycles. The minimum absolute atomic E-state index is 0.0737. The van der Waals surface area contributed by atoms with Crippen LogP contribution in [0.2, 0.25) is 0 Å². The van der Waals surface area contributed by atoms with Crippen molar-refractivity contribution >= 4 is 11.9 Å². The van der Waals surface area contributed by atoms with Crippen LogP contribution >= 0.6 is 0 Å². The highest BCUT2D eigenvalue weighted by atomic mass is 16.5. The van der Waals surface area contributed by atoms with Crippen molar-refractivity contribution in [1.29, 1.82) is 0 Å². The van der Waals surface area contributed by atoms with Gasteiger partial charge in [-0.05, 0) is 29.7 Å². The van der Waals surface area contributed by atoms with E-state index in [4.69, 9.17) is 9.15 Å². The number of rotatable bonds is 9. The van der Waals surface area contributed by atoms with E-state index in [1.54, 1.807) is 0 Å². The third kappa shape index (κ3) is 6.40. The summed E-state index contributed by atoms with van der Waals surface area (Å²) in [5, 5.41) is 2.98. The number of hydrogen-bond acceptors (Lipinski definition) is 5. The van der Waals surface area contributed by atoms with Gasteiger partial charge in [0.05, 0.1) is 18.2 Å². The molecule has 4 rings (SSSR count). The van der Waals surface area contributed by atoms with Crippen molar-refractivity contribution in [2.75, 3.05) is 6.61 Å². The van der Waals surface area contributed by atoms with Crippen molar-refractivity contribution in [2.45, 2.75) is 18.9 Å². The van der Waals surface area contributed by atoms with Gasteiger partial charge in [-0.1, -0.05) is 78.9 Å². The van der Waals surface area contributed by atoms with Crippen LogP contribution in [0.5, 0.6) is 0 Å². The zero-order valence-corrected chi connectivity index (χ0v) is 18.0. The molecule has 0 bridgehead atoms. The SMILES string of the molecule is O=C(COC(=O)Cc1coc(-c2ccccc2)n1)NC(Cc1ccccc1)c1ccccc1. The number of ether oxygens (including phenoxy) is 1. The van der Waals surface area contributed by atoms with E-state index in [1.165, 1.54) is 6.26 Å². The Morgan fingerprint density at radius 2 is 1.52 bits per heavy atom. The van der Waals surface area contributed by atoms with Crippen LogP contribution in [0.4, 0.5) is 0 Å². The van der Waals surface area contributed by atoms with E-state index in [9.17, 15) is 9.59 Å². The molecule has 1 amide bonds. The van der Waals surface area contributed by atoms with Gasteiger partial charge < -0.3 is 14.5 Å². The Bertz CT molecular complexity index is 1170. The monoisotopic (exact) mass is 440 g/mol. The van der Waals surface area contributed by atoms with Crippen LogP contribution in [0.3, 0.4) is 0 Å². The molecular formula is C27H24N2O4. The second kappa shape index (κ2) is 10.9. The number of benzene rings is 3. The summed E-state index contributed by atoms with van der Waals surface area (Å²) in [5.74, 6) is -0.474. The normalized spacial score (nSPS) is 11.5. The molecule has 0 fully saturated rings. The smallest absolute Gasteiger partial charge is 0.312 e. The van der Waals surface area contributed by atoms with Crippen molar-refractivity contribution in [3.8, 4) is 11.5 Å². The van der Waals surface area contributed by atoms with E-state index < -0.39 is 5.97 Å². The lowest BCUT2D eigenvalue weighted by Crippen LogP contribution is -2.33. The highest BCUT2D eigenvalue weighted by Gasteiger charge is 2.17. The highest BCUT2D eigenvalue weighted by molar-refractivity contribution is 5.81. The Labute approximate surface area is 192 Å². The van der Waals surface area contributed by atoms with E-state index in [-0.39, 0.29) is 25.0 Å². The largest absolute Gasteiger partial charge is 0.455 e. The van der Waals surface area contributed by atoms with Crippen LogP contribution in [0, 0.1) is 0 Å². The maximum atomic E-state index is 12.5. The summed E-state index contributed by atoms with van der Waals surface area (Å²) in [6, 6.07) is 28.8. The molecule has 0 radical (unpaired) electrons. The molecule has 0 aliphatic rings. The van der Waals surface area contributed by atoms with Gasteiger partial charge in [0.25, 0.3) is 5.91 Å². The van der Waals surface area contributed by atoms with Crippen LogP contribution in [0.15, 0.2) is 102 Å². The maximum absolute atomic E-state index is 12.5. The van der Waals surface area contributed by atoms with Gasteiger partial charge in [0.15, 0.2) is 6.61 Å². The molecule has 0 aliphatic carbocycles. The topological polar surface area (TPSA) is 81.4 Å². The lowest BCUT2D eigenvalue weighted by atomic mass is 9.99. The maximum Gasteiger partial charge on any atom is 0.312 e. The average molecular weight is 440 g/mol. The first-order valence-corrected chi connectivity index (χ1v) is 10.7. The van der Waals surface area contributed by atoms with Gasteiger partial charge in [-0.25, -0.2) is 4.98 Å². The number of esters is 1. The number of hydrogen-bond donors (Lipinski definition) is 1. The second-order valence-corrected chi connectivity index (χ2v) is 7.57. The first-order chi connectivity index (χ1) is 16.2. The second-order valence-electron chi connectivity index (χ2n) is 7.57. The molecule has 0 saturated heterocycles. The predicted octanol–water partition coefficient (Wildman–Crippen LogP) is 4.53. The number of nitrogens with zero attached hydrogens (tertiary/aromatic N) is 1. The molecule has 166 valence electrons. The summed E-state index contributed by atoms with van der Waals surface area (Å²) >= 11 is 0. The van der Waals surface area contributed by atoms with Gasteiger partial charge in [0.2, 0.25) is 5.89 Å². The van der Waals surface area contributed by atoms with E-state index in [0.717, 1.165) is 16.7 Å². The Kier molecular flexibility index (Phi) is 7.28. The molecule has 6 nitrogen and oxygen atoms in total. The summed E-state index contributed by atoms with van der Waals surface area (Å²) in [7, 11) is 0. The molecule has 1 aromatic heterocycles. The molecule has 1 heterocycles. The number of amides is 1. The molecule has 4 aromatic rings. The third-order valence-electron chi connectivity index (χ3n) is 5.08. The summed E-state index contributed by atoms with van der Waals surface area (Å²) in [4.78, 5) is 29.1. The lowest BCUT2D eigenvalue weighted by Gasteiger charge is -2.19. The summed E-state index contributed by atoms with van der Waals surface area (Å²) in [6.45, 7) is -0.361. The van der Waals surface area contributed by atoms with Gasteiger partial charge in [-0.15, -0.1) is 0 Å². The molecule has 0 spiro atoms. The molecule has 6 heteroatoms. The van der Waals surface area contributed by atoms with Gasteiger partial charge in [0, 0.05) is 5.56 Å². The fourth-order valence-electron chi connectivity index (χ4n) is 3.47. The fourth-order valence-corrected chi connectivity index (χ4v) is 3.47. The minimum Gasteiger partial charge on any atom is -0.455 e. The number of carbonyl (C=O) groups excluding carboxylic acids is 2. The zero-order valence-electron chi connectivity index (χ0n) is 18.0. The Balaban J connectivity index is 1.31. The van der Waals surface area contributed by atoms with Gasteiger partial charge in [-0.3, -0.25) is 9.59 Å². The van der Waals surface area contributed by atoms with E-state index in [0.29, 0.717) is 18.0 Å². The number of carbonyl (C=O) groups is 2. The van der Waals surface area contributed by atoms with Gasteiger partial charge in [-0.2, -0.15) is 0 Å². The quantitative estimate of drug-likeness (QED) is 0.387. The minimum atomic E-state index is -0.544. The van der Waals surface area contributed by atoms with Crippen molar-refractivity contribution < 1.29 is 18.7 Å². The van der Waals surface area contributed by atoms with Crippen molar-refractivity contribution in [3.05, 3.63) is 114 Å². The first-order valence-electron chi connectivity index (χ1n) is 10.7. The Morgan fingerprint density at radius 1 is 0.879 bits per heavy atom. The third-order valence-corrected chi connectivity index (χ3v) is 5.08. The van der Waals surface area contributed by atoms with Crippen LogP contribution in [0.1, 0.15) is 22.9 Å². The molecule has 1 atom stereocenters. The van der Waals surface area contributed by atoms with E-state index in [1.807, 2.05) is 91.0 Å². The molecule has 33 heavy (non-hydrogen) atoms. The van der Waals surface area contributed by atoms with Crippen LogP contribution in [0.25, 0.3) is 11.5 Å². The molecule has 1 unspecified atom stereocenters. The predicted molar refractivity (Wildman–Crippen MR) is 124 cm³/mol. The molecule has 1 N–H and O–H groups in total. The van der Waals surface area contributed by atoms with Crippen LogP contribution in [-0.4, -0.2) is 23.5 Å². The van der Waals surface area contributed by atoms with Gasteiger partial charge in [0.1, 0.15) is 6.26 Å². The number of oxazole rings is 1. The van der Waals surface area contributed by atoms with Gasteiger partial charge >= 0.3 is 5.97 Å². The number of nitrogens with one attached hydrogen (secondary N) is 1. The van der Waals surface area contributed by atoms with E-state index >= 15 is 0 Å². The lowest BCUT2D eigenvalue weighted by molar-refractivity contribution is -0.148. The van der Waals surface area contributed by atoms with E-state index in [2.05, 4.69) is 10.3 Å². The standard InChI is InChI=1S/C27H24N2O4/c30-25(29-24(21-12-6-2-7-13-21)16-20-10-4-1-5-11-20)19-32-26(31)17-23-18-33-27(28-23)22-14-8-3-9-15-22/h1-15,18,24H,16-17,19H2,(H,29,30). The highest BCUT2D eigenvalue weighted by Crippen LogP contribution is 2.19. The summed E-state index contributed by atoms with van der Waals surface area (Å²) in [6.07, 6.45) is 1.98. The summed E-state index contributed by atoms with van der Waals surface area (Å²) in [5.41, 5.74) is 3.35. The molecule has 3 aromatic carbocycles. The summed E-state index contributed by atoms with van der Waals surface area (Å²) < 4.78 is 10.6. The van der Waals surface area contributed by atoms with Crippen molar-refractivity contribution in [1.82, 2.24) is 10.3 Å². The van der Waals surface area contributed by atoms with Crippen LogP contribution < -0.4 is 5.32 Å². The Morgan fingerprint density at radius 3 is 2.21 bits per heavy atom. The molecular weight excluding hydrogens is 416 g/mol. The van der Waals surface area contributed by atoms with Crippen LogP contribution in [-0.2, 0) is 27.2 Å². The Hall–Kier alpha value is -4.19. The fraction of sp³-hybridized carbons (Fsp3) is 0.148. The zero-order chi connectivity index (χ0) is 22.9. The first kappa shape index (κ1) is 22.0. The number of aromatic nitrogens is 1. The average Bonchev–Trinajstić information content (AvgIpc) is 3.32. The van der Waals surface area contributed by atoms with Crippen molar-refractivity contribution in [2.24, 2.45) is 0 Å². The van der Waals surface area contributed by atoms with Crippen molar-refractivity contribution in [3.63, 3.8) is 0 Å².